The van der Waals surface area contributed by atoms with Gasteiger partial charge in [0, 0.05) is 10.5 Å². The quantitative estimate of drug-likeness (QED) is 0.789. The molecule has 1 fully saturated rings. The van der Waals surface area contributed by atoms with Gasteiger partial charge in [0.15, 0.2) is 4.83 Å². The third kappa shape index (κ3) is 2.93. The molecule has 0 bridgehead atoms. The Morgan fingerprint density at radius 1 is 1.31 bits per heavy atom. The second-order valence-corrected chi connectivity index (χ2v) is 10.00. The fourth-order valence-electron chi connectivity index (χ4n) is 3.70. The number of rotatable bonds is 2. The molecular formula is C18H24N3O3S2+. The van der Waals surface area contributed by atoms with Gasteiger partial charge in [-0.3, -0.25) is 4.90 Å². The van der Waals surface area contributed by atoms with Crippen LogP contribution in [0.1, 0.15) is 34.6 Å². The topological polar surface area (TPSA) is 78.9 Å². The molecule has 140 valence electrons. The number of aromatic amines is 1. The summed E-state index contributed by atoms with van der Waals surface area (Å²) in [5, 5.41) is 0.996. The maximum Gasteiger partial charge on any atom is 0.350 e. The Hall–Kier alpha value is -1.51. The van der Waals surface area contributed by atoms with Gasteiger partial charge in [-0.1, -0.05) is 25.2 Å². The second-order valence-electron chi connectivity index (χ2n) is 7.30. The predicted molar refractivity (Wildman–Crippen MR) is 106 cm³/mol. The van der Waals surface area contributed by atoms with E-state index in [0.717, 1.165) is 54.5 Å². The highest BCUT2D eigenvalue weighted by molar-refractivity contribution is 7.99. The zero-order valence-electron chi connectivity index (χ0n) is 15.3. The van der Waals surface area contributed by atoms with Crippen molar-refractivity contribution in [2.45, 2.75) is 30.8 Å². The number of hydrogen-bond donors (Lipinski definition) is 1. The molecule has 4 rings (SSSR count). The first-order chi connectivity index (χ1) is 12.4. The molecule has 0 saturated carbocycles. The molecular weight excluding hydrogens is 370 g/mol. The molecule has 8 heteroatoms. The van der Waals surface area contributed by atoms with Gasteiger partial charge >= 0.3 is 5.97 Å². The molecule has 6 nitrogen and oxygen atoms in total. The number of fused-ring (bicyclic) bond motifs is 3. The van der Waals surface area contributed by atoms with Crippen molar-refractivity contribution in [3.05, 3.63) is 16.0 Å². The van der Waals surface area contributed by atoms with Gasteiger partial charge in [-0.2, -0.15) is 11.8 Å². The van der Waals surface area contributed by atoms with E-state index in [0.29, 0.717) is 10.6 Å². The number of ether oxygens (including phenoxy) is 2. The monoisotopic (exact) mass is 394 g/mol. The number of morpholine rings is 1. The Morgan fingerprint density at radius 2 is 2.04 bits per heavy atom. The van der Waals surface area contributed by atoms with Gasteiger partial charge in [-0.05, 0) is 12.0 Å². The van der Waals surface area contributed by atoms with E-state index in [1.54, 1.807) is 0 Å². The number of nitrogen functional groups attached to an aromatic ring is 1. The molecule has 2 aliphatic rings. The zero-order valence-corrected chi connectivity index (χ0v) is 16.9. The van der Waals surface area contributed by atoms with Gasteiger partial charge in [0.05, 0.1) is 37.0 Å². The lowest BCUT2D eigenvalue weighted by Gasteiger charge is -2.32. The van der Waals surface area contributed by atoms with E-state index in [1.165, 1.54) is 29.6 Å². The van der Waals surface area contributed by atoms with E-state index in [9.17, 15) is 4.79 Å². The van der Waals surface area contributed by atoms with Gasteiger partial charge in [0.2, 0.25) is 0 Å². The number of nitrogens with two attached hydrogens (primary N) is 1. The average Bonchev–Trinajstić information content (AvgIpc) is 2.97. The molecule has 0 aliphatic carbocycles. The Labute approximate surface area is 161 Å². The number of carbonyl (C=O) groups excluding carboxylic acids is 1. The molecule has 2 aliphatic heterocycles. The first-order valence-electron chi connectivity index (χ1n) is 8.75. The lowest BCUT2D eigenvalue weighted by molar-refractivity contribution is -0.328. The minimum absolute atomic E-state index is 0.142. The van der Waals surface area contributed by atoms with Crippen LogP contribution in [0.2, 0.25) is 0 Å². The Bertz CT molecular complexity index is 872. The maximum atomic E-state index is 12.1. The van der Waals surface area contributed by atoms with Gasteiger partial charge < -0.3 is 15.2 Å². The minimum atomic E-state index is -0.372. The molecule has 3 N–H and O–H groups in total. The molecule has 26 heavy (non-hydrogen) atoms. The molecule has 0 radical (unpaired) electrons. The van der Waals surface area contributed by atoms with Crippen molar-refractivity contribution in [1.82, 2.24) is 0 Å². The second kappa shape index (κ2) is 6.58. The largest absolute Gasteiger partial charge is 0.465 e. The summed E-state index contributed by atoms with van der Waals surface area (Å²) >= 11 is 3.35. The van der Waals surface area contributed by atoms with Crippen LogP contribution in [0.4, 0.5) is 11.5 Å². The minimum Gasteiger partial charge on any atom is -0.465 e. The van der Waals surface area contributed by atoms with Crippen LogP contribution in [-0.2, 0) is 21.6 Å². The number of hydrogen-bond acceptors (Lipinski definition) is 7. The lowest BCUT2D eigenvalue weighted by Crippen LogP contribution is -2.41. The number of thiophene rings is 1. The van der Waals surface area contributed by atoms with Crippen molar-refractivity contribution < 1.29 is 19.3 Å². The molecule has 0 spiro atoms. The summed E-state index contributed by atoms with van der Waals surface area (Å²) in [6.45, 7) is 7.74. The Morgan fingerprint density at radius 3 is 2.73 bits per heavy atom. The van der Waals surface area contributed by atoms with Gasteiger partial charge in [0.1, 0.15) is 18.0 Å². The van der Waals surface area contributed by atoms with Gasteiger partial charge in [0.25, 0.3) is 5.82 Å². The fourth-order valence-corrected chi connectivity index (χ4v) is 5.86. The highest BCUT2D eigenvalue weighted by Crippen LogP contribution is 2.46. The summed E-state index contributed by atoms with van der Waals surface area (Å²) in [7, 11) is 1.39. The van der Waals surface area contributed by atoms with Crippen molar-refractivity contribution in [2.24, 2.45) is 0 Å². The number of aromatic nitrogens is 1. The van der Waals surface area contributed by atoms with Crippen molar-refractivity contribution >= 4 is 50.8 Å². The number of nitrogens with one attached hydrogen (secondary N) is 1. The van der Waals surface area contributed by atoms with Crippen molar-refractivity contribution in [3.8, 4) is 0 Å². The van der Waals surface area contributed by atoms with Crippen LogP contribution < -0.4 is 15.6 Å². The number of methoxy groups -OCH3 is 1. The van der Waals surface area contributed by atoms with Crippen LogP contribution in [0, 0.1) is 0 Å². The van der Waals surface area contributed by atoms with Crippen LogP contribution in [0.3, 0.4) is 0 Å². The third-order valence-corrected chi connectivity index (χ3v) is 7.50. The molecule has 1 saturated heterocycles. The van der Waals surface area contributed by atoms with E-state index in [-0.39, 0.29) is 10.7 Å². The van der Waals surface area contributed by atoms with Crippen LogP contribution in [0.15, 0.2) is 0 Å². The first kappa shape index (κ1) is 17.9. The molecule has 0 unspecified atom stereocenters. The summed E-state index contributed by atoms with van der Waals surface area (Å²) in [4.78, 5) is 19.5. The van der Waals surface area contributed by atoms with E-state index in [2.05, 4.69) is 23.7 Å². The van der Waals surface area contributed by atoms with Crippen LogP contribution in [0.5, 0.6) is 0 Å². The van der Waals surface area contributed by atoms with Crippen molar-refractivity contribution in [3.63, 3.8) is 0 Å². The van der Waals surface area contributed by atoms with Gasteiger partial charge in [-0.15, -0.1) is 0 Å². The summed E-state index contributed by atoms with van der Waals surface area (Å²) in [5.74, 6) is 1.71. The standard InChI is InChI=1S/C18H23N3O3S2/c1-18(2)8-10-11(9-25-18)15(21-4-6-24-7-5-21)20-16-12(10)13(19)14(26-16)17(22)23-3/h4-9,19H2,1-3H3/p+1. The number of esters is 1. The van der Waals surface area contributed by atoms with E-state index < -0.39 is 0 Å². The summed E-state index contributed by atoms with van der Waals surface area (Å²) in [6.07, 6.45) is 0.928. The summed E-state index contributed by atoms with van der Waals surface area (Å²) < 4.78 is 10.6. The van der Waals surface area contributed by atoms with Crippen LogP contribution >= 0.6 is 23.1 Å². The van der Waals surface area contributed by atoms with E-state index >= 15 is 0 Å². The van der Waals surface area contributed by atoms with Crippen molar-refractivity contribution in [1.29, 1.82) is 0 Å². The number of nitrogens with zero attached hydrogens (tertiary/aromatic N) is 1. The average molecular weight is 395 g/mol. The number of pyridine rings is 1. The normalized spacial score (nSPS) is 19.4. The highest BCUT2D eigenvalue weighted by Gasteiger charge is 2.36. The van der Waals surface area contributed by atoms with Crippen LogP contribution in [-0.4, -0.2) is 44.1 Å². The Balaban J connectivity index is 1.95. The molecule has 4 heterocycles. The maximum absolute atomic E-state index is 12.1. The highest BCUT2D eigenvalue weighted by atomic mass is 32.2. The first-order valence-corrected chi connectivity index (χ1v) is 10.6. The molecule has 0 aromatic carbocycles. The smallest absolute Gasteiger partial charge is 0.350 e. The predicted octanol–water partition coefficient (Wildman–Crippen LogP) is 2.49. The number of H-pyrrole nitrogens is 1. The van der Waals surface area contributed by atoms with E-state index in [4.69, 9.17) is 15.2 Å². The van der Waals surface area contributed by atoms with Crippen molar-refractivity contribution in [2.75, 3.05) is 44.0 Å². The van der Waals surface area contributed by atoms with E-state index in [1.807, 2.05) is 11.8 Å². The SMILES string of the molecule is COC(=O)c1sc2[nH+]c(N3CCOCC3)c3c(c2c1N)CC(C)(C)SC3. The molecule has 2 aromatic rings. The Kier molecular flexibility index (Phi) is 4.53. The fraction of sp³-hybridized carbons (Fsp3) is 0.556. The van der Waals surface area contributed by atoms with Crippen LogP contribution in [0.25, 0.3) is 10.2 Å². The number of anilines is 2. The summed E-state index contributed by atoms with van der Waals surface area (Å²) in [6, 6.07) is 0. The summed E-state index contributed by atoms with van der Waals surface area (Å²) in [5.41, 5.74) is 9.53. The number of carbonyl (C=O) groups is 1. The molecule has 0 atom stereocenters. The number of thioether (sulfide) groups is 1. The zero-order chi connectivity index (χ0) is 18.5. The third-order valence-electron chi connectivity index (χ3n) is 5.04. The molecule has 2 aromatic heterocycles. The van der Waals surface area contributed by atoms with Gasteiger partial charge in [-0.25, -0.2) is 9.78 Å². The lowest BCUT2D eigenvalue weighted by atomic mass is 9.94. The molecule has 0 amide bonds.